The van der Waals surface area contributed by atoms with Crippen molar-refractivity contribution in [3.05, 3.63) is 0 Å². The van der Waals surface area contributed by atoms with Gasteiger partial charge in [0.1, 0.15) is 0 Å². The summed E-state index contributed by atoms with van der Waals surface area (Å²) >= 11 is 0. The van der Waals surface area contributed by atoms with Crippen molar-refractivity contribution in [3.8, 4) is 0 Å². The van der Waals surface area contributed by atoms with Crippen molar-refractivity contribution in [1.82, 2.24) is 4.72 Å². The summed E-state index contributed by atoms with van der Waals surface area (Å²) in [5.74, 6) is 0. The molecule has 0 aliphatic heterocycles. The van der Waals surface area contributed by atoms with Crippen molar-refractivity contribution in [2.24, 2.45) is 5.73 Å². The molecule has 0 bridgehead atoms. The second-order valence-electron chi connectivity index (χ2n) is 3.51. The molecule has 0 aromatic heterocycles. The van der Waals surface area contributed by atoms with Gasteiger partial charge in [0.15, 0.2) is 14.9 Å². The molecule has 0 heterocycles. The van der Waals surface area contributed by atoms with E-state index in [2.05, 4.69) is 4.72 Å². The van der Waals surface area contributed by atoms with Crippen molar-refractivity contribution in [2.45, 2.75) is 12.5 Å². The molecule has 7 nitrogen and oxygen atoms in total. The molecular weight excluding hydrogens is 256 g/mol. The van der Waals surface area contributed by atoms with E-state index in [0.717, 1.165) is 6.26 Å². The van der Waals surface area contributed by atoms with E-state index < -0.39 is 31.0 Å². The summed E-state index contributed by atoms with van der Waals surface area (Å²) in [7, 11) is -6.01. The van der Waals surface area contributed by atoms with Gasteiger partial charge in [-0.3, -0.25) is 0 Å². The number of sulfone groups is 1. The molecule has 1 unspecified atom stereocenters. The van der Waals surface area contributed by atoms with Gasteiger partial charge >= 0.3 is 0 Å². The summed E-state index contributed by atoms with van der Waals surface area (Å²) in [6.45, 7) is 0.440. The molecule has 98 valence electrons. The van der Waals surface area contributed by atoms with Crippen molar-refractivity contribution in [1.29, 1.82) is 0 Å². The zero-order chi connectivity index (χ0) is 12.8. The number of sulfonamides is 1. The minimum atomic E-state index is -3.86. The first-order chi connectivity index (χ1) is 7.20. The van der Waals surface area contributed by atoms with E-state index in [1.54, 1.807) is 0 Å². The van der Waals surface area contributed by atoms with Crippen LogP contribution in [0, 0.1) is 0 Å². The highest BCUT2D eigenvalue weighted by atomic mass is 32.3. The van der Waals surface area contributed by atoms with Gasteiger partial charge in [0.25, 0.3) is 0 Å². The maximum absolute atomic E-state index is 11.4. The summed E-state index contributed by atoms with van der Waals surface area (Å²) in [4.78, 5) is 0. The van der Waals surface area contributed by atoms with Gasteiger partial charge in [0.2, 0.25) is 10.0 Å². The Morgan fingerprint density at radius 2 is 1.88 bits per heavy atom. The fourth-order valence-electron chi connectivity index (χ4n) is 1.15. The number of nitrogens with two attached hydrogens (primary N) is 1. The predicted molar refractivity (Wildman–Crippen MR) is 61.1 cm³/mol. The van der Waals surface area contributed by atoms with Crippen LogP contribution in [0.25, 0.3) is 0 Å². The maximum atomic E-state index is 11.4. The van der Waals surface area contributed by atoms with Crippen LogP contribution in [0.4, 0.5) is 0 Å². The summed E-state index contributed by atoms with van der Waals surface area (Å²) in [5.41, 5.74) is 5.30. The highest BCUT2D eigenvalue weighted by Crippen LogP contribution is 1.98. The quantitative estimate of drug-likeness (QED) is 0.543. The van der Waals surface area contributed by atoms with Gasteiger partial charge < -0.3 is 10.5 Å². The summed E-state index contributed by atoms with van der Waals surface area (Å²) < 4.78 is 51.6. The van der Waals surface area contributed by atoms with E-state index in [0.29, 0.717) is 6.42 Å². The molecule has 0 rings (SSSR count). The van der Waals surface area contributed by atoms with Crippen LogP contribution >= 0.6 is 0 Å². The number of ether oxygens (including phenoxy) is 1. The minimum Gasteiger partial charge on any atom is -0.383 e. The first-order valence-corrected chi connectivity index (χ1v) is 8.28. The van der Waals surface area contributed by atoms with Gasteiger partial charge in [-0.25, -0.2) is 21.6 Å². The third-order valence-corrected chi connectivity index (χ3v) is 5.24. The normalized spacial score (nSPS) is 14.9. The van der Waals surface area contributed by atoms with Gasteiger partial charge in [-0.1, -0.05) is 0 Å². The Bertz CT molecular complexity index is 383. The second-order valence-corrected chi connectivity index (χ2v) is 7.77. The molecule has 0 saturated heterocycles. The highest BCUT2D eigenvalue weighted by molar-refractivity contribution is 8.06. The Kier molecular flexibility index (Phi) is 6.41. The van der Waals surface area contributed by atoms with Crippen LogP contribution in [0.5, 0.6) is 0 Å². The molecule has 3 N–H and O–H groups in total. The highest BCUT2D eigenvalue weighted by Gasteiger charge is 2.21. The van der Waals surface area contributed by atoms with Gasteiger partial charge in [-0.2, -0.15) is 0 Å². The molecule has 9 heteroatoms. The molecular formula is C7H18N2O5S2. The number of nitrogens with one attached hydrogen (secondary N) is 1. The molecule has 16 heavy (non-hydrogen) atoms. The Balaban J connectivity index is 4.53. The average Bonchev–Trinajstić information content (AvgIpc) is 1.98. The van der Waals surface area contributed by atoms with Crippen molar-refractivity contribution < 1.29 is 21.6 Å². The number of hydrogen-bond acceptors (Lipinski definition) is 6. The van der Waals surface area contributed by atoms with Crippen LogP contribution in [0.15, 0.2) is 0 Å². The van der Waals surface area contributed by atoms with Crippen molar-refractivity contribution in [3.63, 3.8) is 0 Å². The third kappa shape index (κ3) is 7.99. The van der Waals surface area contributed by atoms with Gasteiger partial charge in [-0.15, -0.1) is 0 Å². The van der Waals surface area contributed by atoms with E-state index in [9.17, 15) is 16.8 Å². The lowest BCUT2D eigenvalue weighted by molar-refractivity contribution is 0.172. The van der Waals surface area contributed by atoms with E-state index in [1.165, 1.54) is 7.11 Å². The molecule has 0 spiro atoms. The largest absolute Gasteiger partial charge is 0.383 e. The molecule has 0 aliphatic carbocycles. The molecule has 0 radical (unpaired) electrons. The maximum Gasteiger partial charge on any atom is 0.226 e. The lowest BCUT2D eigenvalue weighted by Gasteiger charge is -2.16. The zero-order valence-corrected chi connectivity index (χ0v) is 11.0. The SMILES string of the molecule is COCC(CCN)NS(=O)(=O)CS(C)(=O)=O. The molecule has 0 aromatic carbocycles. The van der Waals surface area contributed by atoms with Crippen LogP contribution in [0.2, 0.25) is 0 Å². The Labute approximate surface area is 96.3 Å². The van der Waals surface area contributed by atoms with Crippen molar-refractivity contribution >= 4 is 19.9 Å². The monoisotopic (exact) mass is 274 g/mol. The molecule has 1 atom stereocenters. The third-order valence-electron chi connectivity index (χ3n) is 1.60. The first-order valence-electron chi connectivity index (χ1n) is 4.57. The smallest absolute Gasteiger partial charge is 0.226 e. The zero-order valence-electron chi connectivity index (χ0n) is 9.34. The first kappa shape index (κ1) is 15.8. The van der Waals surface area contributed by atoms with Gasteiger partial charge in [0, 0.05) is 19.4 Å². The van der Waals surface area contributed by atoms with Crippen LogP contribution in [0.3, 0.4) is 0 Å². The predicted octanol–water partition coefficient (Wildman–Crippen LogP) is -1.73. The van der Waals surface area contributed by atoms with Gasteiger partial charge in [0.05, 0.1) is 6.61 Å². The Morgan fingerprint density at radius 3 is 2.25 bits per heavy atom. The minimum absolute atomic E-state index is 0.153. The number of rotatable bonds is 8. The summed E-state index contributed by atoms with van der Waals surface area (Å²) in [6, 6.07) is -0.498. The number of methoxy groups -OCH3 is 1. The van der Waals surface area contributed by atoms with E-state index in [1.807, 2.05) is 0 Å². The topological polar surface area (TPSA) is 116 Å². The van der Waals surface area contributed by atoms with E-state index in [4.69, 9.17) is 10.5 Å². The average molecular weight is 274 g/mol. The lowest BCUT2D eigenvalue weighted by atomic mass is 10.2. The van der Waals surface area contributed by atoms with Crippen molar-refractivity contribution in [2.75, 3.05) is 31.6 Å². The fourth-order valence-corrected chi connectivity index (χ4v) is 4.37. The van der Waals surface area contributed by atoms with Crippen LogP contribution in [-0.4, -0.2) is 54.5 Å². The van der Waals surface area contributed by atoms with Crippen LogP contribution < -0.4 is 10.5 Å². The summed E-state index contributed by atoms with van der Waals surface area (Å²) in [5, 5.41) is -0.926. The Morgan fingerprint density at radius 1 is 1.31 bits per heavy atom. The van der Waals surface area contributed by atoms with Gasteiger partial charge in [-0.05, 0) is 13.0 Å². The molecule has 0 aliphatic rings. The Hall–Kier alpha value is -0.220. The summed E-state index contributed by atoms with van der Waals surface area (Å²) in [6.07, 6.45) is 1.25. The number of hydrogen-bond donors (Lipinski definition) is 2. The van der Waals surface area contributed by atoms with Crippen LogP contribution in [-0.2, 0) is 24.6 Å². The molecule has 0 amide bonds. The lowest BCUT2D eigenvalue weighted by Crippen LogP contribution is -2.41. The van der Waals surface area contributed by atoms with E-state index in [-0.39, 0.29) is 13.2 Å². The van der Waals surface area contributed by atoms with E-state index >= 15 is 0 Å². The molecule has 0 aromatic rings. The standard InChI is InChI=1S/C7H18N2O5S2/c1-14-5-7(3-4-8)9-16(12,13)6-15(2,10)11/h7,9H,3-6,8H2,1-2H3. The molecule has 0 fully saturated rings. The second kappa shape index (κ2) is 6.50. The fraction of sp³-hybridized carbons (Fsp3) is 1.00. The molecule has 0 saturated carbocycles. The van der Waals surface area contributed by atoms with Crippen LogP contribution in [0.1, 0.15) is 6.42 Å².